The minimum atomic E-state index is -5.15. The summed E-state index contributed by atoms with van der Waals surface area (Å²) in [6.07, 6.45) is -8.05. The van der Waals surface area contributed by atoms with Crippen molar-refractivity contribution in [2.75, 3.05) is 13.2 Å². The van der Waals surface area contributed by atoms with Crippen molar-refractivity contribution in [1.82, 2.24) is 0 Å². The van der Waals surface area contributed by atoms with Crippen molar-refractivity contribution in [2.24, 2.45) is 0 Å². The van der Waals surface area contributed by atoms with Crippen molar-refractivity contribution in [1.29, 1.82) is 0 Å². The summed E-state index contributed by atoms with van der Waals surface area (Å²) in [7, 11) is 0. The van der Waals surface area contributed by atoms with Crippen LogP contribution < -0.4 is 0 Å². The van der Waals surface area contributed by atoms with E-state index in [-0.39, 0.29) is 26.4 Å². The Morgan fingerprint density at radius 3 is 2.12 bits per heavy atom. The molecule has 3 nitrogen and oxygen atoms in total. The van der Waals surface area contributed by atoms with Gasteiger partial charge in [-0.2, -0.15) is 13.2 Å². The normalized spacial score (nSPS) is 13.6. The molecule has 0 amide bonds. The smallest absolute Gasteiger partial charge is 0.420 e. The number of carbonyl (C=O) groups is 1. The minimum Gasteiger partial charge on any atom is -0.462 e. The highest BCUT2D eigenvalue weighted by molar-refractivity contribution is 14.1. The molecule has 0 aromatic heterocycles. The lowest BCUT2D eigenvalue weighted by atomic mass is 10.2. The number of alkyl halides is 5. The monoisotopic (exact) mass is 718 g/mol. The predicted molar refractivity (Wildman–Crippen MR) is 111 cm³/mol. The van der Waals surface area contributed by atoms with Gasteiger partial charge >= 0.3 is 12.1 Å². The second-order valence-electron chi connectivity index (χ2n) is 5.31. The van der Waals surface area contributed by atoms with Gasteiger partial charge in [0.25, 0.3) is 5.92 Å². The molecule has 1 rings (SSSR count). The number of hydrogen-bond donors (Lipinski definition) is 0. The highest BCUT2D eigenvalue weighted by atomic mass is 127. The lowest BCUT2D eigenvalue weighted by Crippen LogP contribution is -2.45. The van der Waals surface area contributed by atoms with Crippen molar-refractivity contribution in [3.8, 4) is 0 Å². The van der Waals surface area contributed by atoms with Crippen molar-refractivity contribution < 1.29 is 36.2 Å². The molecule has 0 saturated carbocycles. The van der Waals surface area contributed by atoms with Crippen molar-refractivity contribution in [3.63, 3.8) is 0 Å². The van der Waals surface area contributed by atoms with E-state index in [1.165, 1.54) is 0 Å². The molecule has 1 atom stereocenters. The number of unbranched alkanes of at least 4 members (excludes halogenated alkanes) is 1. The van der Waals surface area contributed by atoms with Gasteiger partial charge in [0.2, 0.25) is 6.10 Å². The first-order valence-corrected chi connectivity index (χ1v) is 10.5. The lowest BCUT2D eigenvalue weighted by Gasteiger charge is -2.25. The highest BCUT2D eigenvalue weighted by Crippen LogP contribution is 2.34. The van der Waals surface area contributed by atoms with E-state index < -0.39 is 30.8 Å². The maximum atomic E-state index is 12.9. The van der Waals surface area contributed by atoms with Crippen LogP contribution in [-0.4, -0.2) is 37.4 Å². The predicted octanol–water partition coefficient (Wildman–Crippen LogP) is 6.04. The number of benzene rings is 1. The second kappa shape index (κ2) is 10.3. The van der Waals surface area contributed by atoms with Gasteiger partial charge < -0.3 is 9.47 Å². The summed E-state index contributed by atoms with van der Waals surface area (Å²) < 4.78 is 75.2. The molecule has 148 valence electrons. The maximum Gasteiger partial charge on any atom is 0.420 e. The SMILES string of the molecule is CC(F)(F)C(OCCCCOC(=O)c1c(I)ccc(I)c1I)C(F)(F)F. The zero-order valence-electron chi connectivity index (χ0n) is 13.3. The molecular formula is C15H14F5I3O3. The molecule has 0 aliphatic heterocycles. The summed E-state index contributed by atoms with van der Waals surface area (Å²) in [6, 6.07) is 3.63. The second-order valence-corrected chi connectivity index (χ2v) is 8.71. The van der Waals surface area contributed by atoms with Gasteiger partial charge in [0, 0.05) is 24.2 Å². The largest absolute Gasteiger partial charge is 0.462 e. The molecule has 1 aromatic rings. The third-order valence-corrected chi connectivity index (χ3v) is 7.01. The average molecular weight is 718 g/mol. The van der Waals surface area contributed by atoms with Gasteiger partial charge in [-0.3, -0.25) is 0 Å². The first-order valence-electron chi connectivity index (χ1n) is 7.22. The Kier molecular flexibility index (Phi) is 9.73. The van der Waals surface area contributed by atoms with Crippen LogP contribution in [-0.2, 0) is 9.47 Å². The van der Waals surface area contributed by atoms with Gasteiger partial charge in [-0.25, -0.2) is 13.6 Å². The van der Waals surface area contributed by atoms with Gasteiger partial charge in [-0.1, -0.05) is 0 Å². The van der Waals surface area contributed by atoms with Gasteiger partial charge in [0.1, 0.15) is 0 Å². The Balaban J connectivity index is 2.44. The van der Waals surface area contributed by atoms with Crippen LogP contribution in [0.5, 0.6) is 0 Å². The van der Waals surface area contributed by atoms with E-state index in [0.717, 1.165) is 10.7 Å². The molecule has 0 aliphatic carbocycles. The number of rotatable bonds is 8. The number of halogens is 8. The van der Waals surface area contributed by atoms with Crippen LogP contribution in [0.3, 0.4) is 0 Å². The molecule has 0 aliphatic rings. The van der Waals surface area contributed by atoms with Gasteiger partial charge in [0.05, 0.1) is 12.2 Å². The molecule has 0 bridgehead atoms. The van der Waals surface area contributed by atoms with Gasteiger partial charge in [0.15, 0.2) is 0 Å². The zero-order valence-corrected chi connectivity index (χ0v) is 19.8. The van der Waals surface area contributed by atoms with Crippen molar-refractivity contribution in [2.45, 2.75) is 38.0 Å². The van der Waals surface area contributed by atoms with E-state index in [0.29, 0.717) is 5.56 Å². The van der Waals surface area contributed by atoms with E-state index >= 15 is 0 Å². The van der Waals surface area contributed by atoms with E-state index in [9.17, 15) is 26.7 Å². The molecule has 0 spiro atoms. The quantitative estimate of drug-likeness (QED) is 0.108. The van der Waals surface area contributed by atoms with Crippen LogP contribution in [0, 0.1) is 10.7 Å². The number of carbonyl (C=O) groups excluding carboxylic acids is 1. The molecule has 0 N–H and O–H groups in total. The number of ether oxygens (including phenoxy) is 2. The Morgan fingerprint density at radius 2 is 1.58 bits per heavy atom. The third kappa shape index (κ3) is 7.48. The molecule has 0 saturated heterocycles. The minimum absolute atomic E-state index is 0.0426. The molecule has 1 unspecified atom stereocenters. The molecule has 26 heavy (non-hydrogen) atoms. The summed E-state index contributed by atoms with van der Waals surface area (Å²) in [6.45, 7) is -0.389. The van der Waals surface area contributed by atoms with Gasteiger partial charge in [-0.05, 0) is 92.7 Å². The standard InChI is InChI=1S/C15H14F5I3O3/c1-14(16,17)13(15(18,19)20)26-7-3-2-6-25-12(24)10-8(21)4-5-9(22)11(10)23/h4-5,13H,2-3,6-7H2,1H3. The summed E-state index contributed by atoms with van der Waals surface area (Å²) in [5, 5.41) is 0. The molecule has 0 heterocycles. The fourth-order valence-corrected chi connectivity index (χ4v) is 4.21. The molecule has 11 heteroatoms. The fourth-order valence-electron chi connectivity index (χ4n) is 1.88. The Morgan fingerprint density at radius 1 is 1.04 bits per heavy atom. The van der Waals surface area contributed by atoms with E-state index in [2.05, 4.69) is 27.3 Å². The van der Waals surface area contributed by atoms with Crippen LogP contribution >= 0.6 is 67.8 Å². The zero-order chi connectivity index (χ0) is 20.1. The van der Waals surface area contributed by atoms with E-state index in [1.807, 2.05) is 51.2 Å². The van der Waals surface area contributed by atoms with Crippen molar-refractivity contribution >= 4 is 73.7 Å². The Bertz CT molecular complexity index is 618. The van der Waals surface area contributed by atoms with Crippen LogP contribution in [0.15, 0.2) is 12.1 Å². The summed E-state index contributed by atoms with van der Waals surface area (Å²) in [5.74, 6) is -4.56. The molecule has 0 fully saturated rings. The Labute approximate surface area is 188 Å². The Hall–Kier alpha value is 0.490. The van der Waals surface area contributed by atoms with Gasteiger partial charge in [-0.15, -0.1) is 0 Å². The van der Waals surface area contributed by atoms with Crippen LogP contribution in [0.25, 0.3) is 0 Å². The first kappa shape index (κ1) is 24.5. The first-order chi connectivity index (χ1) is 11.9. The van der Waals surface area contributed by atoms with E-state index in [1.54, 1.807) is 6.07 Å². The topological polar surface area (TPSA) is 35.5 Å². The summed E-state index contributed by atoms with van der Waals surface area (Å²) >= 11 is 6.13. The lowest BCUT2D eigenvalue weighted by molar-refractivity contribution is -0.280. The van der Waals surface area contributed by atoms with Crippen LogP contribution in [0.4, 0.5) is 22.0 Å². The molecule has 0 radical (unpaired) electrons. The summed E-state index contributed by atoms with van der Waals surface area (Å²) in [5.41, 5.74) is 0.428. The third-order valence-electron chi connectivity index (χ3n) is 3.06. The fraction of sp³-hybridized carbons (Fsp3) is 0.533. The van der Waals surface area contributed by atoms with E-state index in [4.69, 9.17) is 4.74 Å². The molecule has 1 aromatic carbocycles. The van der Waals surface area contributed by atoms with Crippen LogP contribution in [0.2, 0.25) is 0 Å². The van der Waals surface area contributed by atoms with Crippen molar-refractivity contribution in [3.05, 3.63) is 28.4 Å². The summed E-state index contributed by atoms with van der Waals surface area (Å²) in [4.78, 5) is 12.1. The molecular weight excluding hydrogens is 704 g/mol. The highest BCUT2D eigenvalue weighted by Gasteiger charge is 2.54. The maximum absolute atomic E-state index is 12.9. The number of hydrogen-bond acceptors (Lipinski definition) is 3. The van der Waals surface area contributed by atoms with Crippen LogP contribution in [0.1, 0.15) is 30.1 Å². The average Bonchev–Trinajstić information content (AvgIpc) is 2.47. The number of esters is 1.